The van der Waals surface area contributed by atoms with Crippen LogP contribution in [0.15, 0.2) is 5.29 Å². The molecule has 1 aliphatic carbocycles. The molecule has 12 heavy (non-hydrogen) atoms. The molecule has 0 radical (unpaired) electrons. The van der Waals surface area contributed by atoms with E-state index in [4.69, 9.17) is 0 Å². The summed E-state index contributed by atoms with van der Waals surface area (Å²) in [5.74, 6) is 0.959. The van der Waals surface area contributed by atoms with Gasteiger partial charge in [0.15, 0.2) is 0 Å². The highest BCUT2D eigenvalue weighted by molar-refractivity contribution is 4.79. The van der Waals surface area contributed by atoms with Crippen molar-refractivity contribution >= 4 is 0 Å². The van der Waals surface area contributed by atoms with Crippen LogP contribution in [0.4, 0.5) is 0 Å². The van der Waals surface area contributed by atoms with Gasteiger partial charge in [-0.2, -0.15) is 0 Å². The van der Waals surface area contributed by atoms with E-state index in [9.17, 15) is 4.91 Å². The van der Waals surface area contributed by atoms with E-state index < -0.39 is 0 Å². The second kappa shape index (κ2) is 3.39. The van der Waals surface area contributed by atoms with Gasteiger partial charge in [-0.05, 0) is 18.8 Å². The average Bonchev–Trinajstić information content (AvgIpc) is 2.90. The van der Waals surface area contributed by atoms with Crippen molar-refractivity contribution in [2.24, 2.45) is 11.2 Å². The van der Waals surface area contributed by atoms with Crippen LogP contribution >= 0.6 is 0 Å². The second-order valence-electron chi connectivity index (χ2n) is 3.78. The van der Waals surface area contributed by atoms with Crippen molar-refractivity contribution in [1.82, 2.24) is 9.91 Å². The van der Waals surface area contributed by atoms with Crippen molar-refractivity contribution in [1.29, 1.82) is 0 Å². The molecule has 1 saturated carbocycles. The lowest BCUT2D eigenvalue weighted by atomic mass is 10.3. The molecular weight excluding hydrogens is 154 g/mol. The molecule has 0 aromatic heterocycles. The Bertz CT molecular complexity index is 162. The molecular formula is C8H15N3O. The molecule has 0 amide bonds. The lowest BCUT2D eigenvalue weighted by Crippen LogP contribution is -2.44. The first-order valence-corrected chi connectivity index (χ1v) is 4.69. The minimum atomic E-state index is 0.816. The first-order valence-electron chi connectivity index (χ1n) is 4.69. The number of hydrogen-bond acceptors (Lipinski definition) is 3. The Kier molecular flexibility index (Phi) is 2.26. The van der Waals surface area contributed by atoms with Gasteiger partial charge in [0.1, 0.15) is 0 Å². The van der Waals surface area contributed by atoms with Gasteiger partial charge in [-0.15, -0.1) is 4.91 Å². The van der Waals surface area contributed by atoms with Crippen LogP contribution in [0.3, 0.4) is 0 Å². The number of piperazine rings is 1. The van der Waals surface area contributed by atoms with Crippen LogP contribution in [-0.4, -0.2) is 42.6 Å². The summed E-state index contributed by atoms with van der Waals surface area (Å²) in [6.07, 6.45) is 2.82. The average molecular weight is 169 g/mol. The van der Waals surface area contributed by atoms with Gasteiger partial charge in [-0.1, -0.05) is 0 Å². The molecule has 0 spiro atoms. The van der Waals surface area contributed by atoms with Crippen molar-refractivity contribution in [2.45, 2.75) is 12.8 Å². The van der Waals surface area contributed by atoms with Crippen molar-refractivity contribution in [3.63, 3.8) is 0 Å². The molecule has 1 saturated heterocycles. The third-order valence-electron chi connectivity index (χ3n) is 2.68. The first kappa shape index (κ1) is 7.98. The quantitative estimate of drug-likeness (QED) is 0.583. The van der Waals surface area contributed by atoms with E-state index in [1.165, 1.54) is 19.4 Å². The Labute approximate surface area is 72.5 Å². The van der Waals surface area contributed by atoms with E-state index in [-0.39, 0.29) is 0 Å². The number of rotatable bonds is 3. The van der Waals surface area contributed by atoms with Gasteiger partial charge in [0, 0.05) is 19.6 Å². The summed E-state index contributed by atoms with van der Waals surface area (Å²) in [4.78, 5) is 12.6. The maximum Gasteiger partial charge on any atom is 0.0524 e. The first-order chi connectivity index (χ1) is 5.88. The smallest absolute Gasteiger partial charge is 0.0524 e. The molecule has 1 aliphatic heterocycles. The Balaban J connectivity index is 1.70. The third-order valence-corrected chi connectivity index (χ3v) is 2.68. The van der Waals surface area contributed by atoms with Gasteiger partial charge in [-0.3, -0.25) is 9.91 Å². The standard InChI is InChI=1S/C8H15N3O/c12-9-11-5-3-10(4-6-11)7-8-1-2-8/h8H,1-7H2. The molecule has 4 nitrogen and oxygen atoms in total. The van der Waals surface area contributed by atoms with Gasteiger partial charge in [0.05, 0.1) is 18.4 Å². The summed E-state index contributed by atoms with van der Waals surface area (Å²) in [6.45, 7) is 4.91. The zero-order valence-corrected chi connectivity index (χ0v) is 7.28. The van der Waals surface area contributed by atoms with E-state index in [0.717, 1.165) is 32.1 Å². The minimum Gasteiger partial charge on any atom is -0.299 e. The molecule has 2 rings (SSSR count). The second-order valence-corrected chi connectivity index (χ2v) is 3.78. The van der Waals surface area contributed by atoms with Crippen LogP contribution in [0, 0.1) is 10.8 Å². The van der Waals surface area contributed by atoms with Crippen molar-refractivity contribution in [2.75, 3.05) is 32.7 Å². The van der Waals surface area contributed by atoms with Crippen LogP contribution in [0.5, 0.6) is 0 Å². The molecule has 2 fully saturated rings. The Morgan fingerprint density at radius 2 is 1.83 bits per heavy atom. The van der Waals surface area contributed by atoms with Crippen LogP contribution in [0.25, 0.3) is 0 Å². The lowest BCUT2D eigenvalue weighted by molar-refractivity contribution is 0.130. The van der Waals surface area contributed by atoms with Gasteiger partial charge < -0.3 is 0 Å². The molecule has 0 aromatic carbocycles. The Morgan fingerprint density at radius 1 is 1.17 bits per heavy atom. The number of hydrogen-bond donors (Lipinski definition) is 0. The highest BCUT2D eigenvalue weighted by atomic mass is 16.3. The molecule has 68 valence electrons. The van der Waals surface area contributed by atoms with E-state index in [1.54, 1.807) is 5.01 Å². The van der Waals surface area contributed by atoms with E-state index in [0.29, 0.717) is 0 Å². The van der Waals surface area contributed by atoms with Gasteiger partial charge in [0.2, 0.25) is 0 Å². The molecule has 0 unspecified atom stereocenters. The van der Waals surface area contributed by atoms with Crippen LogP contribution in [0.1, 0.15) is 12.8 Å². The Morgan fingerprint density at radius 3 is 2.33 bits per heavy atom. The van der Waals surface area contributed by atoms with Crippen LogP contribution in [0.2, 0.25) is 0 Å². The summed E-state index contributed by atoms with van der Waals surface area (Å²) in [6, 6.07) is 0. The minimum absolute atomic E-state index is 0.816. The summed E-state index contributed by atoms with van der Waals surface area (Å²) in [7, 11) is 0. The molecule has 0 N–H and O–H groups in total. The molecule has 2 aliphatic rings. The van der Waals surface area contributed by atoms with Gasteiger partial charge in [0.25, 0.3) is 0 Å². The summed E-state index contributed by atoms with van der Waals surface area (Å²) in [5.41, 5.74) is 0. The SMILES string of the molecule is O=NN1CCN(CC2CC2)CC1. The molecule has 0 bridgehead atoms. The van der Waals surface area contributed by atoms with Crippen LogP contribution < -0.4 is 0 Å². The zero-order valence-electron chi connectivity index (χ0n) is 7.28. The number of nitrogens with zero attached hydrogens (tertiary/aromatic N) is 3. The normalized spacial score (nSPS) is 25.8. The van der Waals surface area contributed by atoms with E-state index >= 15 is 0 Å². The van der Waals surface area contributed by atoms with E-state index in [1.807, 2.05) is 0 Å². The van der Waals surface area contributed by atoms with E-state index in [2.05, 4.69) is 10.2 Å². The maximum atomic E-state index is 10.2. The van der Waals surface area contributed by atoms with Crippen LogP contribution in [-0.2, 0) is 0 Å². The number of nitroso groups, excluding NO2 is 1. The fourth-order valence-electron chi connectivity index (χ4n) is 1.67. The highest BCUT2D eigenvalue weighted by Gasteiger charge is 2.26. The van der Waals surface area contributed by atoms with Crippen molar-refractivity contribution < 1.29 is 0 Å². The highest BCUT2D eigenvalue weighted by Crippen LogP contribution is 2.29. The maximum absolute atomic E-state index is 10.2. The molecule has 0 atom stereocenters. The van der Waals surface area contributed by atoms with Crippen molar-refractivity contribution in [3.05, 3.63) is 4.91 Å². The van der Waals surface area contributed by atoms with Gasteiger partial charge in [-0.25, -0.2) is 0 Å². The predicted molar refractivity (Wildman–Crippen MR) is 46.5 cm³/mol. The largest absolute Gasteiger partial charge is 0.299 e. The van der Waals surface area contributed by atoms with Gasteiger partial charge >= 0.3 is 0 Å². The summed E-state index contributed by atoms with van der Waals surface area (Å²) < 4.78 is 0. The summed E-state index contributed by atoms with van der Waals surface area (Å²) in [5, 5.41) is 4.55. The Hall–Kier alpha value is -0.640. The molecule has 1 heterocycles. The van der Waals surface area contributed by atoms with Crippen molar-refractivity contribution in [3.8, 4) is 0 Å². The monoisotopic (exact) mass is 169 g/mol. The third kappa shape index (κ3) is 1.94. The fraction of sp³-hybridized carbons (Fsp3) is 1.00. The summed E-state index contributed by atoms with van der Waals surface area (Å²) >= 11 is 0. The zero-order chi connectivity index (χ0) is 8.39. The molecule has 4 heteroatoms. The topological polar surface area (TPSA) is 35.9 Å². The predicted octanol–water partition coefficient (Wildman–Crippen LogP) is 0.695. The fourth-order valence-corrected chi connectivity index (χ4v) is 1.67. The molecule has 0 aromatic rings. The lowest BCUT2D eigenvalue weighted by Gasteiger charge is -2.31.